The second-order valence-electron chi connectivity index (χ2n) is 12.6. The third kappa shape index (κ3) is 10.0. The molecule has 2 atom stereocenters. The molecule has 0 nitrogen and oxygen atoms in total. The SMILES string of the molecule is Cc1c(C)c(C)c(CCC(C)(C)CCC[C@H](C)CCC[C@H](C)CCCC(C)C)c(C)c1C. The largest absolute Gasteiger partial charge is 0.0628 e. The van der Waals surface area contributed by atoms with Crippen LogP contribution in [0.2, 0.25) is 0 Å². The maximum absolute atomic E-state index is 2.50. The molecule has 186 valence electrons. The van der Waals surface area contributed by atoms with Crippen molar-refractivity contribution in [3.63, 3.8) is 0 Å². The lowest BCUT2D eigenvalue weighted by atomic mass is 9.78. The zero-order valence-corrected chi connectivity index (χ0v) is 24.0. The first-order chi connectivity index (χ1) is 14.9. The molecular formula is C32H58. The maximum atomic E-state index is 2.50. The minimum atomic E-state index is 0.441. The summed E-state index contributed by atoms with van der Waals surface area (Å²) in [5, 5.41) is 0. The van der Waals surface area contributed by atoms with Gasteiger partial charge in [0.15, 0.2) is 0 Å². The summed E-state index contributed by atoms with van der Waals surface area (Å²) in [5.41, 5.74) is 9.63. The Labute approximate surface area is 203 Å². The van der Waals surface area contributed by atoms with Gasteiger partial charge in [-0.2, -0.15) is 0 Å². The highest BCUT2D eigenvalue weighted by Crippen LogP contribution is 2.34. The van der Waals surface area contributed by atoms with Gasteiger partial charge in [0.05, 0.1) is 0 Å². The van der Waals surface area contributed by atoms with Crippen LogP contribution in [0.25, 0.3) is 0 Å². The van der Waals surface area contributed by atoms with Crippen molar-refractivity contribution in [2.24, 2.45) is 23.2 Å². The van der Waals surface area contributed by atoms with Crippen LogP contribution in [0.3, 0.4) is 0 Å². The van der Waals surface area contributed by atoms with Crippen LogP contribution in [0.1, 0.15) is 139 Å². The van der Waals surface area contributed by atoms with Gasteiger partial charge in [-0.1, -0.05) is 92.9 Å². The van der Waals surface area contributed by atoms with Crippen molar-refractivity contribution < 1.29 is 0 Å². The van der Waals surface area contributed by atoms with Crippen molar-refractivity contribution in [2.75, 3.05) is 0 Å². The summed E-state index contributed by atoms with van der Waals surface area (Å²) in [6, 6.07) is 0. The van der Waals surface area contributed by atoms with E-state index in [1.54, 1.807) is 5.56 Å². The fourth-order valence-electron chi connectivity index (χ4n) is 5.45. The van der Waals surface area contributed by atoms with E-state index in [0.717, 1.165) is 17.8 Å². The molecule has 0 N–H and O–H groups in total. The molecule has 0 aliphatic carbocycles. The second-order valence-corrected chi connectivity index (χ2v) is 12.6. The Hall–Kier alpha value is -0.780. The third-order valence-corrected chi connectivity index (χ3v) is 8.63. The zero-order valence-electron chi connectivity index (χ0n) is 24.0. The molecule has 0 amide bonds. The van der Waals surface area contributed by atoms with Crippen LogP contribution in [-0.2, 0) is 6.42 Å². The molecule has 1 aromatic carbocycles. The Morgan fingerprint density at radius 3 is 1.41 bits per heavy atom. The van der Waals surface area contributed by atoms with Gasteiger partial charge in [0, 0.05) is 0 Å². The van der Waals surface area contributed by atoms with Crippen molar-refractivity contribution in [1.29, 1.82) is 0 Å². The van der Waals surface area contributed by atoms with E-state index < -0.39 is 0 Å². The Kier molecular flexibility index (Phi) is 12.6. The van der Waals surface area contributed by atoms with Crippen LogP contribution >= 0.6 is 0 Å². The van der Waals surface area contributed by atoms with Crippen molar-refractivity contribution in [1.82, 2.24) is 0 Å². The molecule has 0 radical (unpaired) electrons. The summed E-state index contributed by atoms with van der Waals surface area (Å²) < 4.78 is 0. The second kappa shape index (κ2) is 13.8. The highest BCUT2D eigenvalue weighted by atomic mass is 14.3. The molecule has 0 saturated heterocycles. The smallest absolute Gasteiger partial charge is 0.0268 e. The quantitative estimate of drug-likeness (QED) is 0.253. The van der Waals surface area contributed by atoms with Crippen LogP contribution in [0.4, 0.5) is 0 Å². The predicted octanol–water partition coefficient (Wildman–Crippen LogP) is 10.6. The van der Waals surface area contributed by atoms with Gasteiger partial charge < -0.3 is 0 Å². The topological polar surface area (TPSA) is 0 Å². The number of hydrogen-bond donors (Lipinski definition) is 0. The van der Waals surface area contributed by atoms with E-state index in [4.69, 9.17) is 0 Å². The van der Waals surface area contributed by atoms with Gasteiger partial charge in [-0.25, -0.2) is 0 Å². The molecular weight excluding hydrogens is 384 g/mol. The molecule has 0 spiro atoms. The first-order valence-corrected chi connectivity index (χ1v) is 13.9. The fourth-order valence-corrected chi connectivity index (χ4v) is 5.45. The number of benzene rings is 1. The van der Waals surface area contributed by atoms with E-state index in [9.17, 15) is 0 Å². The minimum absolute atomic E-state index is 0.441. The summed E-state index contributed by atoms with van der Waals surface area (Å²) >= 11 is 0. The fraction of sp³-hybridized carbons (Fsp3) is 0.812. The Balaban J connectivity index is 2.36. The molecule has 0 heterocycles. The molecule has 0 bridgehead atoms. The maximum Gasteiger partial charge on any atom is -0.0268 e. The van der Waals surface area contributed by atoms with E-state index in [2.05, 4.69) is 76.2 Å². The van der Waals surface area contributed by atoms with E-state index in [-0.39, 0.29) is 0 Å². The molecule has 0 heteroatoms. The van der Waals surface area contributed by atoms with Crippen LogP contribution in [0.15, 0.2) is 0 Å². The molecule has 32 heavy (non-hydrogen) atoms. The van der Waals surface area contributed by atoms with E-state index in [1.165, 1.54) is 98.4 Å². The first-order valence-electron chi connectivity index (χ1n) is 13.9. The molecule has 1 aromatic rings. The molecule has 0 fully saturated rings. The number of hydrogen-bond acceptors (Lipinski definition) is 0. The first kappa shape index (κ1) is 29.3. The van der Waals surface area contributed by atoms with Crippen molar-refractivity contribution >= 4 is 0 Å². The third-order valence-electron chi connectivity index (χ3n) is 8.63. The lowest BCUT2D eigenvalue weighted by molar-refractivity contribution is 0.282. The standard InChI is InChI=1S/C32H58/c1-23(2)15-12-16-24(3)17-13-18-25(4)19-14-21-32(10,11)22-20-31-29(8)27(6)26(5)28(7)30(31)9/h23-25H,12-22H2,1-11H3/t24-,25-/m1/s1. The molecule has 0 aromatic heterocycles. The zero-order chi connectivity index (χ0) is 24.5. The molecule has 0 saturated carbocycles. The van der Waals surface area contributed by atoms with Gasteiger partial charge in [-0.05, 0) is 110 Å². The van der Waals surface area contributed by atoms with Crippen LogP contribution < -0.4 is 0 Å². The average molecular weight is 443 g/mol. The molecule has 1 rings (SSSR count). The van der Waals surface area contributed by atoms with Crippen LogP contribution in [0.5, 0.6) is 0 Å². The molecule has 0 aliphatic heterocycles. The van der Waals surface area contributed by atoms with Crippen LogP contribution in [0, 0.1) is 57.8 Å². The highest BCUT2D eigenvalue weighted by Gasteiger charge is 2.20. The lowest BCUT2D eigenvalue weighted by Crippen LogP contribution is -2.14. The van der Waals surface area contributed by atoms with E-state index in [1.807, 2.05) is 0 Å². The summed E-state index contributed by atoms with van der Waals surface area (Å²) in [5.74, 6) is 2.67. The van der Waals surface area contributed by atoms with Crippen molar-refractivity contribution in [3.8, 4) is 0 Å². The molecule has 0 unspecified atom stereocenters. The van der Waals surface area contributed by atoms with E-state index in [0.29, 0.717) is 5.41 Å². The normalized spacial score (nSPS) is 14.2. The van der Waals surface area contributed by atoms with Gasteiger partial charge in [0.2, 0.25) is 0 Å². The predicted molar refractivity (Wildman–Crippen MR) is 147 cm³/mol. The van der Waals surface area contributed by atoms with Crippen LogP contribution in [-0.4, -0.2) is 0 Å². The van der Waals surface area contributed by atoms with Gasteiger partial charge in [-0.3, -0.25) is 0 Å². The van der Waals surface area contributed by atoms with Crippen molar-refractivity contribution in [2.45, 2.75) is 147 Å². The van der Waals surface area contributed by atoms with Crippen molar-refractivity contribution in [3.05, 3.63) is 33.4 Å². The Morgan fingerprint density at radius 2 is 0.938 bits per heavy atom. The monoisotopic (exact) mass is 442 g/mol. The summed E-state index contributed by atoms with van der Waals surface area (Å²) in [6.07, 6.45) is 15.2. The van der Waals surface area contributed by atoms with Gasteiger partial charge >= 0.3 is 0 Å². The summed E-state index contributed by atoms with van der Waals surface area (Å²) in [4.78, 5) is 0. The van der Waals surface area contributed by atoms with Gasteiger partial charge in [-0.15, -0.1) is 0 Å². The minimum Gasteiger partial charge on any atom is -0.0628 e. The number of rotatable bonds is 15. The highest BCUT2D eigenvalue weighted by molar-refractivity contribution is 5.49. The Morgan fingerprint density at radius 1 is 0.531 bits per heavy atom. The van der Waals surface area contributed by atoms with Gasteiger partial charge in [0.1, 0.15) is 0 Å². The Bertz CT molecular complexity index is 647. The van der Waals surface area contributed by atoms with Gasteiger partial charge in [0.25, 0.3) is 0 Å². The summed E-state index contributed by atoms with van der Waals surface area (Å²) in [7, 11) is 0. The average Bonchev–Trinajstić information content (AvgIpc) is 2.70. The van der Waals surface area contributed by atoms with E-state index >= 15 is 0 Å². The summed E-state index contributed by atoms with van der Waals surface area (Å²) in [6.45, 7) is 26.2. The lowest BCUT2D eigenvalue weighted by Gasteiger charge is -2.27. The molecule has 0 aliphatic rings.